The van der Waals surface area contributed by atoms with Gasteiger partial charge in [0.1, 0.15) is 0 Å². The predicted molar refractivity (Wildman–Crippen MR) is 208 cm³/mol. The molecule has 0 aliphatic rings. The number of hydrogen-bond acceptors (Lipinski definition) is 4. The first-order valence-corrected chi connectivity index (χ1v) is 21.0. The van der Waals surface area contributed by atoms with Crippen LogP contribution < -0.4 is 15.6 Å². The average Bonchev–Trinajstić information content (AvgIpc) is 3.08. The van der Waals surface area contributed by atoms with Crippen LogP contribution in [0.5, 0.6) is 5.75 Å². The molecule has 1 aromatic rings. The second-order valence-electron chi connectivity index (χ2n) is 14.5. The minimum absolute atomic E-state index is 0.143. The van der Waals surface area contributed by atoms with Crippen molar-refractivity contribution in [1.29, 1.82) is 0 Å². The summed E-state index contributed by atoms with van der Waals surface area (Å²) in [7, 11) is 0. The number of unbranched alkanes of at least 4 members (excludes halogenated alkanes) is 26. The molecule has 0 heterocycles. The zero-order valence-electron chi connectivity index (χ0n) is 32.3. The van der Waals surface area contributed by atoms with Gasteiger partial charge in [-0.3, -0.25) is 4.79 Å². The fourth-order valence-corrected chi connectivity index (χ4v) is 6.99. The molecular weight excluding hydrogens is 592 g/mol. The molecule has 280 valence electrons. The zero-order valence-corrected chi connectivity index (χ0v) is 32.3. The van der Waals surface area contributed by atoms with Crippen molar-refractivity contribution >= 4 is 5.91 Å². The molecule has 0 bridgehead atoms. The molecule has 0 saturated carbocycles. The first-order valence-electron chi connectivity index (χ1n) is 21.0. The Morgan fingerprint density at radius 1 is 0.562 bits per heavy atom. The summed E-state index contributed by atoms with van der Waals surface area (Å²) < 4.78 is 0. The van der Waals surface area contributed by atoms with E-state index in [9.17, 15) is 9.90 Å². The van der Waals surface area contributed by atoms with Crippen molar-refractivity contribution in [3.63, 3.8) is 0 Å². The molecule has 0 fully saturated rings. The fraction of sp³-hybridized carbons (Fsp3) is 0.837. The largest absolute Gasteiger partial charge is 0.395 e. The summed E-state index contributed by atoms with van der Waals surface area (Å²) in [5, 5.41) is 12.8. The van der Waals surface area contributed by atoms with E-state index in [1.807, 2.05) is 6.07 Å². The van der Waals surface area contributed by atoms with Crippen LogP contribution in [0.25, 0.3) is 0 Å². The molecule has 1 amide bonds. The molecule has 48 heavy (non-hydrogen) atoms. The highest BCUT2D eigenvalue weighted by molar-refractivity contribution is 5.71. The lowest BCUT2D eigenvalue weighted by atomic mass is 9.91. The lowest BCUT2D eigenvalue weighted by molar-refractivity contribution is -0.125. The second kappa shape index (κ2) is 33.9. The van der Waals surface area contributed by atoms with Gasteiger partial charge in [0, 0.05) is 25.6 Å². The summed E-state index contributed by atoms with van der Waals surface area (Å²) in [6.07, 6.45) is 40.1. The number of aliphatic hydroxyl groups excluding tert-OH is 1. The van der Waals surface area contributed by atoms with E-state index >= 15 is 0 Å². The monoisotopic (exact) mass is 673 g/mol. The minimum Gasteiger partial charge on any atom is -0.395 e. The van der Waals surface area contributed by atoms with E-state index in [4.69, 9.17) is 4.84 Å². The van der Waals surface area contributed by atoms with Crippen LogP contribution in [0.1, 0.15) is 217 Å². The smallest absolute Gasteiger partial charge is 0.249 e. The van der Waals surface area contributed by atoms with Crippen molar-refractivity contribution in [2.24, 2.45) is 0 Å². The highest BCUT2D eigenvalue weighted by atomic mass is 16.7. The molecule has 5 heteroatoms. The van der Waals surface area contributed by atoms with Crippen molar-refractivity contribution in [3.05, 3.63) is 28.8 Å². The highest BCUT2D eigenvalue weighted by Crippen LogP contribution is 2.30. The van der Waals surface area contributed by atoms with Gasteiger partial charge in [0.25, 0.3) is 0 Å². The Morgan fingerprint density at radius 2 is 0.938 bits per heavy atom. The summed E-state index contributed by atoms with van der Waals surface area (Å²) in [6, 6.07) is 4.18. The van der Waals surface area contributed by atoms with E-state index < -0.39 is 0 Å². The molecule has 0 radical (unpaired) electrons. The molecular formula is C43H80N2O3. The number of carbonyl (C=O) groups excluding carboxylic acids is 1. The molecule has 1 aromatic carbocycles. The average molecular weight is 673 g/mol. The van der Waals surface area contributed by atoms with Gasteiger partial charge in [-0.2, -0.15) is 5.48 Å². The van der Waals surface area contributed by atoms with Gasteiger partial charge in [0.15, 0.2) is 5.75 Å². The molecule has 0 spiro atoms. The SMILES string of the molecule is CCCCCCCCCCCCCCCCc1c(CNCCO)ccc(ONC(C)=O)c1CCCCCCCCCCCCCCCC. The Labute approximate surface area is 298 Å². The van der Waals surface area contributed by atoms with Gasteiger partial charge in [-0.25, -0.2) is 0 Å². The van der Waals surface area contributed by atoms with Gasteiger partial charge in [0.05, 0.1) is 6.61 Å². The predicted octanol–water partition coefficient (Wildman–Crippen LogP) is 12.2. The van der Waals surface area contributed by atoms with Crippen molar-refractivity contribution < 1.29 is 14.7 Å². The Balaban J connectivity index is 2.52. The third-order valence-corrected chi connectivity index (χ3v) is 9.95. The maximum atomic E-state index is 11.7. The van der Waals surface area contributed by atoms with Gasteiger partial charge in [0.2, 0.25) is 5.91 Å². The number of amides is 1. The van der Waals surface area contributed by atoms with E-state index in [2.05, 4.69) is 30.7 Å². The van der Waals surface area contributed by atoms with Crippen LogP contribution in [0.15, 0.2) is 12.1 Å². The van der Waals surface area contributed by atoms with Crippen LogP contribution in [-0.2, 0) is 24.2 Å². The molecule has 0 unspecified atom stereocenters. The third-order valence-electron chi connectivity index (χ3n) is 9.95. The van der Waals surface area contributed by atoms with Crippen molar-refractivity contribution in [2.75, 3.05) is 13.2 Å². The Hall–Kier alpha value is -1.59. The Kier molecular flexibility index (Phi) is 31.4. The summed E-state index contributed by atoms with van der Waals surface area (Å²) in [5.74, 6) is 0.617. The fourth-order valence-electron chi connectivity index (χ4n) is 6.99. The van der Waals surface area contributed by atoms with Crippen molar-refractivity contribution in [2.45, 2.75) is 220 Å². The quantitative estimate of drug-likeness (QED) is 0.0490. The topological polar surface area (TPSA) is 70.6 Å². The number of hydrogen-bond donors (Lipinski definition) is 3. The van der Waals surface area contributed by atoms with Crippen LogP contribution in [0.3, 0.4) is 0 Å². The van der Waals surface area contributed by atoms with Gasteiger partial charge in [-0.15, -0.1) is 0 Å². The number of carbonyl (C=O) groups is 1. The van der Waals surface area contributed by atoms with Crippen LogP contribution in [0.2, 0.25) is 0 Å². The molecule has 0 saturated heterocycles. The molecule has 1 rings (SSSR count). The zero-order chi connectivity index (χ0) is 34.8. The maximum absolute atomic E-state index is 11.7. The lowest BCUT2D eigenvalue weighted by Gasteiger charge is -2.19. The van der Waals surface area contributed by atoms with Crippen LogP contribution in [-0.4, -0.2) is 24.2 Å². The maximum Gasteiger partial charge on any atom is 0.249 e. The van der Waals surface area contributed by atoms with Crippen molar-refractivity contribution in [3.8, 4) is 5.75 Å². The van der Waals surface area contributed by atoms with E-state index in [1.54, 1.807) is 0 Å². The third kappa shape index (κ3) is 25.4. The summed E-state index contributed by atoms with van der Waals surface area (Å²) in [5.41, 5.74) is 6.54. The van der Waals surface area contributed by atoms with Gasteiger partial charge >= 0.3 is 0 Å². The summed E-state index contributed by atoms with van der Waals surface area (Å²) in [4.78, 5) is 17.6. The Morgan fingerprint density at radius 3 is 1.31 bits per heavy atom. The van der Waals surface area contributed by atoms with E-state index in [-0.39, 0.29) is 12.5 Å². The molecule has 0 aliphatic heterocycles. The molecule has 0 aliphatic carbocycles. The number of nitrogens with one attached hydrogen (secondary N) is 2. The Bertz CT molecular complexity index is 859. The van der Waals surface area contributed by atoms with Crippen LogP contribution in [0, 0.1) is 0 Å². The second-order valence-corrected chi connectivity index (χ2v) is 14.5. The van der Waals surface area contributed by atoms with E-state index in [1.165, 1.54) is 197 Å². The molecule has 0 aromatic heterocycles. The van der Waals surface area contributed by atoms with Gasteiger partial charge in [-0.05, 0) is 42.9 Å². The molecule has 0 atom stereocenters. The first-order chi connectivity index (χ1) is 23.6. The number of rotatable bonds is 36. The standard InChI is InChI=1S/C43H80N2O3/c1-4-6-8-10-12-14-16-18-20-22-24-26-28-30-32-41-40(38-44-36-37-46)34-35-43(48-45-39(3)47)42(41)33-31-29-27-25-23-21-19-17-15-13-11-9-7-5-2/h34-35,44,46H,4-33,36-38H2,1-3H3,(H,45,47). The van der Waals surface area contributed by atoms with Gasteiger partial charge < -0.3 is 15.3 Å². The lowest BCUT2D eigenvalue weighted by Crippen LogP contribution is -2.25. The van der Waals surface area contributed by atoms with Gasteiger partial charge in [-0.1, -0.05) is 187 Å². The number of aliphatic hydroxyl groups is 1. The van der Waals surface area contributed by atoms with E-state index in [0.29, 0.717) is 6.54 Å². The van der Waals surface area contributed by atoms with Crippen molar-refractivity contribution in [1.82, 2.24) is 10.8 Å². The summed E-state index contributed by atoms with van der Waals surface area (Å²) >= 11 is 0. The number of benzene rings is 1. The highest BCUT2D eigenvalue weighted by Gasteiger charge is 2.15. The number of hydroxylamine groups is 1. The van der Waals surface area contributed by atoms with Crippen LogP contribution >= 0.6 is 0 Å². The minimum atomic E-state index is -0.181. The van der Waals surface area contributed by atoms with Crippen LogP contribution in [0.4, 0.5) is 0 Å². The normalized spacial score (nSPS) is 11.3. The molecule has 5 nitrogen and oxygen atoms in total. The van der Waals surface area contributed by atoms with E-state index in [0.717, 1.165) is 31.6 Å². The first kappa shape index (κ1) is 44.4. The molecule has 3 N–H and O–H groups in total. The summed E-state index contributed by atoms with van der Waals surface area (Å²) in [6.45, 7) is 7.56.